The fourth-order valence-electron chi connectivity index (χ4n) is 1.93. The maximum absolute atomic E-state index is 11.7. The Morgan fingerprint density at radius 3 is 2.80 bits per heavy atom. The zero-order chi connectivity index (χ0) is 11.3. The normalized spacial score (nSPS) is 27.3. The summed E-state index contributed by atoms with van der Waals surface area (Å²) in [7, 11) is 1.67. The second-order valence-electron chi connectivity index (χ2n) is 4.03. The van der Waals surface area contributed by atoms with E-state index in [1.165, 1.54) is 0 Å². The lowest BCUT2D eigenvalue weighted by Crippen LogP contribution is -2.39. The number of amides is 1. The maximum atomic E-state index is 11.7. The average Bonchev–Trinajstić information content (AvgIpc) is 2.74. The molecule has 1 aliphatic rings. The van der Waals surface area contributed by atoms with Crippen molar-refractivity contribution in [3.63, 3.8) is 0 Å². The summed E-state index contributed by atoms with van der Waals surface area (Å²) >= 11 is 0. The zero-order valence-electron chi connectivity index (χ0n) is 9.36. The van der Waals surface area contributed by atoms with Crippen molar-refractivity contribution in [3.05, 3.63) is 0 Å². The highest BCUT2D eigenvalue weighted by Gasteiger charge is 2.30. The van der Waals surface area contributed by atoms with Crippen LogP contribution in [0.3, 0.4) is 0 Å². The van der Waals surface area contributed by atoms with Gasteiger partial charge in [-0.25, -0.2) is 0 Å². The van der Waals surface area contributed by atoms with E-state index < -0.39 is 0 Å². The molecule has 1 saturated carbocycles. The number of carbonyl (C=O) groups is 2. The predicted octanol–water partition coefficient (Wildman–Crippen LogP) is 0.895. The molecule has 1 rings (SSSR count). The number of rotatable bonds is 5. The minimum atomic E-state index is -0.334. The zero-order valence-corrected chi connectivity index (χ0v) is 9.36. The van der Waals surface area contributed by atoms with Gasteiger partial charge in [0.2, 0.25) is 5.91 Å². The monoisotopic (exact) mass is 213 g/mol. The van der Waals surface area contributed by atoms with Gasteiger partial charge in [0.25, 0.3) is 0 Å². The van der Waals surface area contributed by atoms with Crippen LogP contribution in [0.1, 0.15) is 32.6 Å². The summed E-state index contributed by atoms with van der Waals surface area (Å²) in [6.07, 6.45) is 4.22. The average molecular weight is 213 g/mol. The van der Waals surface area contributed by atoms with Crippen LogP contribution in [0.25, 0.3) is 0 Å². The Balaban J connectivity index is 2.38. The lowest BCUT2D eigenvalue weighted by Gasteiger charge is -2.14. The second kappa shape index (κ2) is 5.85. The molecule has 1 fully saturated rings. The van der Waals surface area contributed by atoms with Gasteiger partial charge in [-0.05, 0) is 25.7 Å². The number of ether oxygens (including phenoxy) is 1. The van der Waals surface area contributed by atoms with Crippen LogP contribution in [-0.2, 0) is 14.3 Å². The summed E-state index contributed by atoms with van der Waals surface area (Å²) in [6, 6.07) is -0.334. The van der Waals surface area contributed by atoms with E-state index >= 15 is 0 Å². The minimum absolute atomic E-state index is 0.00602. The summed E-state index contributed by atoms with van der Waals surface area (Å²) in [5.74, 6) is 0.0115. The molecule has 4 heteroatoms. The molecule has 0 aromatic rings. The van der Waals surface area contributed by atoms with E-state index in [0.29, 0.717) is 6.42 Å². The molecule has 0 unspecified atom stereocenters. The Bertz CT molecular complexity index is 230. The van der Waals surface area contributed by atoms with Crippen LogP contribution >= 0.6 is 0 Å². The molecular formula is C11H19NO3. The molecule has 86 valence electrons. The van der Waals surface area contributed by atoms with Crippen LogP contribution in [0.5, 0.6) is 0 Å². The Hall–Kier alpha value is -0.900. The van der Waals surface area contributed by atoms with Crippen LogP contribution in [0.4, 0.5) is 0 Å². The van der Waals surface area contributed by atoms with E-state index in [1.54, 1.807) is 7.11 Å². The highest BCUT2D eigenvalue weighted by molar-refractivity contribution is 5.82. The Morgan fingerprint density at radius 2 is 2.33 bits per heavy atom. The molecule has 3 atom stereocenters. The van der Waals surface area contributed by atoms with E-state index in [0.717, 1.165) is 25.5 Å². The first-order chi connectivity index (χ1) is 7.21. The first-order valence-electron chi connectivity index (χ1n) is 5.49. The predicted molar refractivity (Wildman–Crippen MR) is 56.4 cm³/mol. The van der Waals surface area contributed by atoms with Crippen LogP contribution < -0.4 is 5.32 Å². The van der Waals surface area contributed by atoms with E-state index in [1.807, 2.05) is 6.92 Å². The Labute approximate surface area is 90.4 Å². The first-order valence-corrected chi connectivity index (χ1v) is 5.49. The molecule has 0 aromatic carbocycles. The smallest absolute Gasteiger partial charge is 0.223 e. The SMILES string of the molecule is CC[C@@H](C=O)NC(=O)[C@H]1CC[C@H](OC)C1. The second-order valence-corrected chi connectivity index (χ2v) is 4.03. The largest absolute Gasteiger partial charge is 0.381 e. The van der Waals surface area contributed by atoms with Crippen molar-refractivity contribution in [1.29, 1.82) is 0 Å². The van der Waals surface area contributed by atoms with Crippen molar-refractivity contribution in [1.82, 2.24) is 5.32 Å². The summed E-state index contributed by atoms with van der Waals surface area (Å²) in [6.45, 7) is 1.88. The van der Waals surface area contributed by atoms with Crippen molar-refractivity contribution in [2.45, 2.75) is 44.8 Å². The fraction of sp³-hybridized carbons (Fsp3) is 0.818. The standard InChI is InChI=1S/C11H19NO3/c1-3-9(7-13)12-11(14)8-4-5-10(6-8)15-2/h7-10H,3-6H2,1-2H3,(H,12,14)/t8-,9-,10-/m0/s1. The molecule has 1 N–H and O–H groups in total. The molecule has 1 amide bonds. The lowest BCUT2D eigenvalue weighted by atomic mass is 10.1. The van der Waals surface area contributed by atoms with E-state index in [2.05, 4.69) is 5.32 Å². The lowest BCUT2D eigenvalue weighted by molar-refractivity contribution is -0.127. The van der Waals surface area contributed by atoms with Gasteiger partial charge in [0.15, 0.2) is 0 Å². The molecule has 0 aliphatic heterocycles. The van der Waals surface area contributed by atoms with Gasteiger partial charge in [-0.2, -0.15) is 0 Å². The van der Waals surface area contributed by atoms with Gasteiger partial charge in [0, 0.05) is 13.0 Å². The van der Waals surface area contributed by atoms with E-state index in [4.69, 9.17) is 4.74 Å². The third kappa shape index (κ3) is 3.30. The summed E-state index contributed by atoms with van der Waals surface area (Å²) < 4.78 is 5.20. The number of aldehydes is 1. The first kappa shape index (κ1) is 12.2. The highest BCUT2D eigenvalue weighted by atomic mass is 16.5. The topological polar surface area (TPSA) is 55.4 Å². The van der Waals surface area contributed by atoms with Gasteiger partial charge < -0.3 is 14.8 Å². The Kier molecular flexibility index (Phi) is 4.75. The van der Waals surface area contributed by atoms with Crippen molar-refractivity contribution < 1.29 is 14.3 Å². The third-order valence-corrected chi connectivity index (χ3v) is 3.02. The van der Waals surface area contributed by atoms with Gasteiger partial charge >= 0.3 is 0 Å². The molecule has 0 radical (unpaired) electrons. The van der Waals surface area contributed by atoms with Crippen molar-refractivity contribution in [3.8, 4) is 0 Å². The number of methoxy groups -OCH3 is 1. The van der Waals surface area contributed by atoms with Gasteiger partial charge in [-0.15, -0.1) is 0 Å². The molecule has 0 saturated heterocycles. The van der Waals surface area contributed by atoms with Crippen LogP contribution in [0.15, 0.2) is 0 Å². The summed E-state index contributed by atoms with van der Waals surface area (Å²) in [4.78, 5) is 22.3. The van der Waals surface area contributed by atoms with Gasteiger partial charge in [-0.3, -0.25) is 4.79 Å². The number of hydrogen-bond donors (Lipinski definition) is 1. The number of nitrogens with one attached hydrogen (secondary N) is 1. The number of carbonyl (C=O) groups excluding carboxylic acids is 2. The van der Waals surface area contributed by atoms with Gasteiger partial charge in [-0.1, -0.05) is 6.92 Å². The molecule has 1 aliphatic carbocycles. The van der Waals surface area contributed by atoms with Crippen molar-refractivity contribution in [2.75, 3.05) is 7.11 Å². The van der Waals surface area contributed by atoms with Crippen LogP contribution in [0.2, 0.25) is 0 Å². The van der Waals surface area contributed by atoms with E-state index in [-0.39, 0.29) is 24.0 Å². The molecule has 0 bridgehead atoms. The molecule has 0 aromatic heterocycles. The molecular weight excluding hydrogens is 194 g/mol. The summed E-state index contributed by atoms with van der Waals surface area (Å²) in [5, 5.41) is 2.74. The van der Waals surface area contributed by atoms with Crippen LogP contribution in [-0.4, -0.2) is 31.4 Å². The Morgan fingerprint density at radius 1 is 1.60 bits per heavy atom. The number of hydrogen-bond acceptors (Lipinski definition) is 3. The fourth-order valence-corrected chi connectivity index (χ4v) is 1.93. The quantitative estimate of drug-likeness (QED) is 0.690. The van der Waals surface area contributed by atoms with Crippen molar-refractivity contribution in [2.24, 2.45) is 5.92 Å². The summed E-state index contributed by atoms with van der Waals surface area (Å²) in [5.41, 5.74) is 0. The highest BCUT2D eigenvalue weighted by Crippen LogP contribution is 2.27. The van der Waals surface area contributed by atoms with Gasteiger partial charge in [0.05, 0.1) is 12.1 Å². The molecule has 4 nitrogen and oxygen atoms in total. The molecule has 0 heterocycles. The van der Waals surface area contributed by atoms with E-state index in [9.17, 15) is 9.59 Å². The molecule has 0 spiro atoms. The molecule has 15 heavy (non-hydrogen) atoms. The minimum Gasteiger partial charge on any atom is -0.381 e. The van der Waals surface area contributed by atoms with Gasteiger partial charge in [0.1, 0.15) is 6.29 Å². The van der Waals surface area contributed by atoms with Crippen molar-refractivity contribution >= 4 is 12.2 Å². The van der Waals surface area contributed by atoms with Crippen LogP contribution in [0, 0.1) is 5.92 Å². The maximum Gasteiger partial charge on any atom is 0.223 e. The third-order valence-electron chi connectivity index (χ3n) is 3.02.